The van der Waals surface area contributed by atoms with E-state index < -0.39 is 0 Å². The molecule has 2 amide bonds. The molecule has 1 saturated carbocycles. The topological polar surface area (TPSA) is 43.9 Å². The summed E-state index contributed by atoms with van der Waals surface area (Å²) < 4.78 is 13.6. The summed E-state index contributed by atoms with van der Waals surface area (Å²) in [6, 6.07) is 6.19. The molecule has 0 radical (unpaired) electrons. The van der Waals surface area contributed by atoms with Gasteiger partial charge < -0.3 is 9.80 Å². The van der Waals surface area contributed by atoms with Crippen molar-refractivity contribution in [3.8, 4) is 0 Å². The van der Waals surface area contributed by atoms with Gasteiger partial charge in [0, 0.05) is 31.2 Å². The molecule has 0 N–H and O–H groups in total. The average Bonchev–Trinajstić information content (AvgIpc) is 2.95. The maximum absolute atomic E-state index is 13.6. The van der Waals surface area contributed by atoms with E-state index in [0.29, 0.717) is 25.3 Å². The lowest BCUT2D eigenvalue weighted by Crippen LogP contribution is -2.64. The van der Waals surface area contributed by atoms with Crippen LogP contribution in [0.15, 0.2) is 24.3 Å². The van der Waals surface area contributed by atoms with Crippen LogP contribution in [0.2, 0.25) is 0 Å². The fourth-order valence-electron chi connectivity index (χ4n) is 4.24. The van der Waals surface area contributed by atoms with Gasteiger partial charge >= 0.3 is 0 Å². The lowest BCUT2D eigenvalue weighted by atomic mass is 9.84. The summed E-state index contributed by atoms with van der Waals surface area (Å²) >= 11 is 0. The van der Waals surface area contributed by atoms with E-state index >= 15 is 0 Å². The molecule has 0 aromatic heterocycles. The number of likely N-dealkylation sites (tertiary alicyclic amines) is 1. The zero-order valence-electron chi connectivity index (χ0n) is 14.6. The number of hydrogen-bond donors (Lipinski definition) is 0. The first kappa shape index (κ1) is 16.5. The molecule has 6 heteroatoms. The van der Waals surface area contributed by atoms with Crippen LogP contribution in [0, 0.1) is 11.7 Å². The van der Waals surface area contributed by atoms with Gasteiger partial charge in [-0.15, -0.1) is 0 Å². The highest BCUT2D eigenvalue weighted by molar-refractivity contribution is 5.96. The molecule has 0 bridgehead atoms. The second-order valence-electron chi connectivity index (χ2n) is 7.68. The lowest BCUT2D eigenvalue weighted by molar-refractivity contribution is -0.137. The van der Waals surface area contributed by atoms with E-state index in [0.717, 1.165) is 32.2 Å². The summed E-state index contributed by atoms with van der Waals surface area (Å²) in [6.07, 6.45) is 4.01. The first-order chi connectivity index (χ1) is 12.0. The zero-order chi connectivity index (χ0) is 17.6. The Morgan fingerprint density at radius 1 is 1.28 bits per heavy atom. The molecule has 2 heterocycles. The number of benzene rings is 1. The number of carbonyl (C=O) groups is 2. The zero-order valence-corrected chi connectivity index (χ0v) is 14.6. The highest BCUT2D eigenvalue weighted by Gasteiger charge is 2.49. The van der Waals surface area contributed by atoms with E-state index in [9.17, 15) is 14.0 Å². The predicted molar refractivity (Wildman–Crippen MR) is 92.7 cm³/mol. The molecule has 2 saturated heterocycles. The van der Waals surface area contributed by atoms with Crippen molar-refractivity contribution in [1.29, 1.82) is 0 Å². The van der Waals surface area contributed by atoms with E-state index in [4.69, 9.17) is 0 Å². The Morgan fingerprint density at radius 2 is 2.08 bits per heavy atom. The predicted octanol–water partition coefficient (Wildman–Crippen LogP) is 1.88. The number of likely N-dealkylation sites (N-methyl/N-ethyl adjacent to an activating group) is 1. The second-order valence-corrected chi connectivity index (χ2v) is 7.68. The summed E-state index contributed by atoms with van der Waals surface area (Å²) in [6.45, 7) is 2.19. The number of anilines is 1. The monoisotopic (exact) mass is 345 g/mol. The molecule has 25 heavy (non-hydrogen) atoms. The maximum atomic E-state index is 13.6. The number of nitrogens with zero attached hydrogens (tertiary/aromatic N) is 3. The quantitative estimate of drug-likeness (QED) is 0.822. The Labute approximate surface area is 147 Å². The van der Waals surface area contributed by atoms with Crippen LogP contribution in [-0.4, -0.2) is 60.4 Å². The SMILES string of the molecule is CN1CC(=O)N(c2cccc(F)c2)CC12CCN(C(=O)C1CCC1)C2. The highest BCUT2D eigenvalue weighted by atomic mass is 19.1. The second kappa shape index (κ2) is 6.09. The third kappa shape index (κ3) is 2.82. The molecule has 2 aliphatic heterocycles. The minimum atomic E-state index is -0.341. The van der Waals surface area contributed by atoms with E-state index in [1.165, 1.54) is 12.1 Å². The Morgan fingerprint density at radius 3 is 2.76 bits per heavy atom. The normalized spacial score (nSPS) is 27.8. The summed E-state index contributed by atoms with van der Waals surface area (Å²) in [5, 5.41) is 0. The van der Waals surface area contributed by atoms with Crippen LogP contribution in [0.1, 0.15) is 25.7 Å². The van der Waals surface area contributed by atoms with Gasteiger partial charge in [0.1, 0.15) is 5.82 Å². The number of piperazine rings is 1. The van der Waals surface area contributed by atoms with Gasteiger partial charge in [-0.1, -0.05) is 12.5 Å². The molecule has 3 fully saturated rings. The molecule has 1 aromatic rings. The molecular formula is C19H24FN3O2. The van der Waals surface area contributed by atoms with Crippen molar-refractivity contribution >= 4 is 17.5 Å². The number of hydrogen-bond acceptors (Lipinski definition) is 3. The van der Waals surface area contributed by atoms with E-state index in [1.807, 2.05) is 11.9 Å². The Kier molecular flexibility index (Phi) is 4.02. The summed E-state index contributed by atoms with van der Waals surface area (Å²) in [5.74, 6) is 0.102. The van der Waals surface area contributed by atoms with Crippen molar-refractivity contribution in [3.05, 3.63) is 30.1 Å². The van der Waals surface area contributed by atoms with Gasteiger partial charge in [-0.25, -0.2) is 4.39 Å². The first-order valence-electron chi connectivity index (χ1n) is 9.04. The Hall–Kier alpha value is -1.95. The van der Waals surface area contributed by atoms with Crippen molar-refractivity contribution in [2.45, 2.75) is 31.2 Å². The molecule has 1 aliphatic carbocycles. The van der Waals surface area contributed by atoms with E-state index in [1.54, 1.807) is 17.0 Å². The fourth-order valence-corrected chi connectivity index (χ4v) is 4.24. The summed E-state index contributed by atoms with van der Waals surface area (Å²) in [5.41, 5.74) is 0.362. The minimum Gasteiger partial charge on any atom is -0.340 e. The van der Waals surface area contributed by atoms with E-state index in [-0.39, 0.29) is 29.1 Å². The smallest absolute Gasteiger partial charge is 0.241 e. The van der Waals surface area contributed by atoms with Crippen LogP contribution < -0.4 is 4.90 Å². The van der Waals surface area contributed by atoms with Gasteiger partial charge in [-0.2, -0.15) is 0 Å². The van der Waals surface area contributed by atoms with Gasteiger partial charge in [-0.3, -0.25) is 14.5 Å². The van der Waals surface area contributed by atoms with Gasteiger partial charge in [0.2, 0.25) is 11.8 Å². The molecule has 1 atom stereocenters. The highest BCUT2D eigenvalue weighted by Crippen LogP contribution is 2.36. The molecular weight excluding hydrogens is 321 g/mol. The minimum absolute atomic E-state index is 0.0255. The lowest BCUT2D eigenvalue weighted by Gasteiger charge is -2.47. The first-order valence-corrected chi connectivity index (χ1v) is 9.04. The van der Waals surface area contributed by atoms with E-state index in [2.05, 4.69) is 4.90 Å². The van der Waals surface area contributed by atoms with Crippen LogP contribution in [0.5, 0.6) is 0 Å². The fraction of sp³-hybridized carbons (Fsp3) is 0.579. The molecule has 3 aliphatic rings. The third-order valence-electron chi connectivity index (χ3n) is 6.15. The molecule has 1 unspecified atom stereocenters. The van der Waals surface area contributed by atoms with Crippen molar-refractivity contribution in [1.82, 2.24) is 9.80 Å². The van der Waals surface area contributed by atoms with Crippen molar-refractivity contribution in [2.75, 3.05) is 38.1 Å². The van der Waals surface area contributed by atoms with Crippen molar-refractivity contribution in [3.63, 3.8) is 0 Å². The number of amides is 2. The Balaban J connectivity index is 1.55. The summed E-state index contributed by atoms with van der Waals surface area (Å²) in [4.78, 5) is 30.9. The molecule has 1 spiro atoms. The van der Waals surface area contributed by atoms with Crippen LogP contribution >= 0.6 is 0 Å². The van der Waals surface area contributed by atoms with Crippen LogP contribution in [0.3, 0.4) is 0 Å². The number of rotatable bonds is 2. The number of halogens is 1. The van der Waals surface area contributed by atoms with Gasteiger partial charge in [0.05, 0.1) is 12.1 Å². The van der Waals surface area contributed by atoms with Crippen LogP contribution in [-0.2, 0) is 9.59 Å². The maximum Gasteiger partial charge on any atom is 0.241 e. The average molecular weight is 345 g/mol. The van der Waals surface area contributed by atoms with Crippen molar-refractivity contribution < 1.29 is 14.0 Å². The molecule has 1 aromatic carbocycles. The van der Waals surface area contributed by atoms with Crippen molar-refractivity contribution in [2.24, 2.45) is 5.92 Å². The molecule has 5 nitrogen and oxygen atoms in total. The van der Waals surface area contributed by atoms with Crippen LogP contribution in [0.4, 0.5) is 10.1 Å². The standard InChI is InChI=1S/C19H24FN3O2/c1-21-11-17(24)23(16-7-3-6-15(20)10-16)13-19(21)8-9-22(12-19)18(25)14-4-2-5-14/h3,6-7,10,14H,2,4-5,8-9,11-13H2,1H3. The largest absolute Gasteiger partial charge is 0.340 e. The van der Waals surface area contributed by atoms with Crippen LogP contribution in [0.25, 0.3) is 0 Å². The third-order valence-corrected chi connectivity index (χ3v) is 6.15. The van der Waals surface area contributed by atoms with Gasteiger partial charge in [0.25, 0.3) is 0 Å². The van der Waals surface area contributed by atoms with Gasteiger partial charge in [0.15, 0.2) is 0 Å². The molecule has 4 rings (SSSR count). The summed E-state index contributed by atoms with van der Waals surface area (Å²) in [7, 11) is 1.96. The molecule has 134 valence electrons. The van der Waals surface area contributed by atoms with Gasteiger partial charge in [-0.05, 0) is 44.5 Å². The number of carbonyl (C=O) groups excluding carboxylic acids is 2. The Bertz CT molecular complexity index is 706.